The summed E-state index contributed by atoms with van der Waals surface area (Å²) in [6.07, 6.45) is -0.123. The molecule has 0 saturated heterocycles. The number of rotatable bonds is 7. The van der Waals surface area contributed by atoms with E-state index in [9.17, 15) is 0 Å². The SMILES string of the molecule is CCOC(C)c1noc(CN(C)CCN)n1.Cl. The van der Waals surface area contributed by atoms with Crippen LogP contribution in [-0.2, 0) is 11.3 Å². The number of nitrogens with zero attached hydrogens (tertiary/aromatic N) is 3. The highest BCUT2D eigenvalue weighted by Gasteiger charge is 2.14. The zero-order chi connectivity index (χ0) is 12.0. The van der Waals surface area contributed by atoms with Gasteiger partial charge in [0.1, 0.15) is 6.10 Å². The third kappa shape index (κ3) is 5.45. The first-order chi connectivity index (χ1) is 7.67. The molecule has 1 aromatic rings. The Morgan fingerprint density at radius 2 is 2.24 bits per heavy atom. The van der Waals surface area contributed by atoms with Crippen molar-refractivity contribution in [2.24, 2.45) is 5.73 Å². The molecule has 1 unspecified atom stereocenters. The Kier molecular flexibility index (Phi) is 8.07. The van der Waals surface area contributed by atoms with Gasteiger partial charge < -0.3 is 15.0 Å². The highest BCUT2D eigenvalue weighted by atomic mass is 35.5. The van der Waals surface area contributed by atoms with Gasteiger partial charge in [0.15, 0.2) is 5.82 Å². The van der Waals surface area contributed by atoms with E-state index in [1.54, 1.807) is 0 Å². The standard InChI is InChI=1S/C10H20N4O2.ClH/c1-4-15-8(2)10-12-9(16-13-10)7-14(3)6-5-11;/h8H,4-7,11H2,1-3H3;1H. The van der Waals surface area contributed by atoms with Crippen molar-refractivity contribution in [3.63, 3.8) is 0 Å². The Balaban J connectivity index is 0.00000256. The minimum Gasteiger partial charge on any atom is -0.371 e. The van der Waals surface area contributed by atoms with Gasteiger partial charge >= 0.3 is 0 Å². The summed E-state index contributed by atoms with van der Waals surface area (Å²) in [6.45, 7) is 6.51. The van der Waals surface area contributed by atoms with Gasteiger partial charge in [-0.25, -0.2) is 0 Å². The highest BCUT2D eigenvalue weighted by Crippen LogP contribution is 2.13. The molecule has 0 fully saturated rings. The second kappa shape index (κ2) is 8.41. The van der Waals surface area contributed by atoms with Gasteiger partial charge in [-0.1, -0.05) is 5.16 Å². The van der Waals surface area contributed by atoms with Crippen LogP contribution in [-0.4, -0.2) is 41.8 Å². The van der Waals surface area contributed by atoms with Gasteiger partial charge in [0.05, 0.1) is 6.54 Å². The molecule has 1 aromatic heterocycles. The summed E-state index contributed by atoms with van der Waals surface area (Å²) in [5, 5.41) is 3.88. The first kappa shape index (κ1) is 16.3. The van der Waals surface area contributed by atoms with Crippen LogP contribution >= 0.6 is 12.4 Å². The van der Waals surface area contributed by atoms with Crippen LogP contribution in [0, 0.1) is 0 Å². The first-order valence-corrected chi connectivity index (χ1v) is 5.50. The van der Waals surface area contributed by atoms with Gasteiger partial charge in [-0.15, -0.1) is 12.4 Å². The third-order valence-corrected chi connectivity index (χ3v) is 2.18. The third-order valence-electron chi connectivity index (χ3n) is 2.18. The number of likely N-dealkylation sites (N-methyl/N-ethyl adjacent to an activating group) is 1. The van der Waals surface area contributed by atoms with Crippen LogP contribution in [0.1, 0.15) is 31.7 Å². The zero-order valence-electron chi connectivity index (χ0n) is 10.5. The van der Waals surface area contributed by atoms with Crippen molar-refractivity contribution < 1.29 is 9.26 Å². The molecular weight excluding hydrogens is 244 g/mol. The number of halogens is 1. The fourth-order valence-corrected chi connectivity index (χ4v) is 1.35. The lowest BCUT2D eigenvalue weighted by Crippen LogP contribution is -2.25. The molecule has 2 N–H and O–H groups in total. The Morgan fingerprint density at radius 3 is 2.82 bits per heavy atom. The van der Waals surface area contributed by atoms with E-state index >= 15 is 0 Å². The molecule has 17 heavy (non-hydrogen) atoms. The van der Waals surface area contributed by atoms with Crippen molar-refractivity contribution in [2.45, 2.75) is 26.5 Å². The summed E-state index contributed by atoms with van der Waals surface area (Å²) in [5.41, 5.74) is 5.45. The molecule has 1 heterocycles. The first-order valence-electron chi connectivity index (χ1n) is 5.50. The second-order valence-corrected chi connectivity index (χ2v) is 3.67. The zero-order valence-corrected chi connectivity index (χ0v) is 11.4. The Labute approximate surface area is 108 Å². The molecule has 0 aromatic carbocycles. The smallest absolute Gasteiger partial charge is 0.240 e. The number of ether oxygens (including phenoxy) is 1. The van der Waals surface area contributed by atoms with Crippen LogP contribution in [0.5, 0.6) is 0 Å². The van der Waals surface area contributed by atoms with Gasteiger partial charge in [0.2, 0.25) is 5.89 Å². The molecule has 0 amide bonds. The molecule has 0 aliphatic heterocycles. The number of nitrogens with two attached hydrogens (primary N) is 1. The maximum Gasteiger partial charge on any atom is 0.240 e. The molecule has 100 valence electrons. The quantitative estimate of drug-likeness (QED) is 0.791. The molecule has 1 rings (SSSR count). The van der Waals surface area contributed by atoms with Gasteiger partial charge in [-0.3, -0.25) is 4.90 Å². The van der Waals surface area contributed by atoms with E-state index in [2.05, 4.69) is 10.1 Å². The number of hydrogen-bond acceptors (Lipinski definition) is 6. The minimum atomic E-state index is -0.123. The summed E-state index contributed by atoms with van der Waals surface area (Å²) in [7, 11) is 1.96. The molecule has 0 radical (unpaired) electrons. The van der Waals surface area contributed by atoms with E-state index < -0.39 is 0 Å². The molecule has 1 atom stereocenters. The van der Waals surface area contributed by atoms with Crippen LogP contribution < -0.4 is 5.73 Å². The monoisotopic (exact) mass is 264 g/mol. The van der Waals surface area contributed by atoms with Gasteiger partial charge in [0.25, 0.3) is 0 Å². The molecule has 0 aliphatic rings. The van der Waals surface area contributed by atoms with Crippen LogP contribution in [0.25, 0.3) is 0 Å². The fraction of sp³-hybridized carbons (Fsp3) is 0.800. The lowest BCUT2D eigenvalue weighted by Gasteiger charge is -2.11. The summed E-state index contributed by atoms with van der Waals surface area (Å²) >= 11 is 0. The molecule has 0 spiro atoms. The van der Waals surface area contributed by atoms with Crippen molar-refractivity contribution in [2.75, 3.05) is 26.7 Å². The Hall–Kier alpha value is -0.690. The summed E-state index contributed by atoms with van der Waals surface area (Å²) in [6, 6.07) is 0. The maximum atomic E-state index is 5.45. The Bertz CT molecular complexity index is 308. The predicted octanol–water partition coefficient (Wildman–Crippen LogP) is 0.979. The van der Waals surface area contributed by atoms with E-state index in [1.807, 2.05) is 25.8 Å². The van der Waals surface area contributed by atoms with E-state index in [0.29, 0.717) is 31.4 Å². The molecule has 6 nitrogen and oxygen atoms in total. The van der Waals surface area contributed by atoms with E-state index in [1.165, 1.54) is 0 Å². The highest BCUT2D eigenvalue weighted by molar-refractivity contribution is 5.85. The normalized spacial score (nSPS) is 12.5. The topological polar surface area (TPSA) is 77.4 Å². The van der Waals surface area contributed by atoms with Crippen molar-refractivity contribution in [3.05, 3.63) is 11.7 Å². The van der Waals surface area contributed by atoms with Crippen molar-refractivity contribution in [3.8, 4) is 0 Å². The van der Waals surface area contributed by atoms with Crippen LogP contribution in [0.2, 0.25) is 0 Å². The van der Waals surface area contributed by atoms with Crippen molar-refractivity contribution >= 4 is 12.4 Å². The molecule has 0 bridgehead atoms. The predicted molar refractivity (Wildman–Crippen MR) is 67.0 cm³/mol. The maximum absolute atomic E-state index is 5.45. The summed E-state index contributed by atoms with van der Waals surface area (Å²) in [4.78, 5) is 6.30. The lowest BCUT2D eigenvalue weighted by molar-refractivity contribution is 0.0683. The van der Waals surface area contributed by atoms with Gasteiger partial charge in [0, 0.05) is 19.7 Å². The van der Waals surface area contributed by atoms with E-state index in [-0.39, 0.29) is 18.5 Å². The molecule has 0 saturated carbocycles. The fourth-order valence-electron chi connectivity index (χ4n) is 1.35. The molecule has 7 heteroatoms. The van der Waals surface area contributed by atoms with Gasteiger partial charge in [-0.05, 0) is 20.9 Å². The van der Waals surface area contributed by atoms with E-state index in [0.717, 1.165) is 6.54 Å². The molecule has 0 aliphatic carbocycles. The van der Waals surface area contributed by atoms with Gasteiger partial charge in [-0.2, -0.15) is 4.98 Å². The second-order valence-electron chi connectivity index (χ2n) is 3.67. The minimum absolute atomic E-state index is 0. The lowest BCUT2D eigenvalue weighted by atomic mass is 10.4. The summed E-state index contributed by atoms with van der Waals surface area (Å²) < 4.78 is 10.5. The Morgan fingerprint density at radius 1 is 1.53 bits per heavy atom. The largest absolute Gasteiger partial charge is 0.371 e. The molecular formula is C10H21ClN4O2. The number of aromatic nitrogens is 2. The van der Waals surface area contributed by atoms with Crippen LogP contribution in [0.4, 0.5) is 0 Å². The van der Waals surface area contributed by atoms with Crippen LogP contribution in [0.15, 0.2) is 4.52 Å². The average molecular weight is 265 g/mol. The van der Waals surface area contributed by atoms with Crippen molar-refractivity contribution in [1.29, 1.82) is 0 Å². The van der Waals surface area contributed by atoms with Crippen LogP contribution in [0.3, 0.4) is 0 Å². The van der Waals surface area contributed by atoms with Crippen molar-refractivity contribution in [1.82, 2.24) is 15.0 Å². The van der Waals surface area contributed by atoms with E-state index in [4.69, 9.17) is 15.0 Å². The number of hydrogen-bond donors (Lipinski definition) is 1. The average Bonchev–Trinajstić information content (AvgIpc) is 2.67. The summed E-state index contributed by atoms with van der Waals surface area (Å²) in [5.74, 6) is 1.19.